The molecule has 1 fully saturated rings. The molecule has 0 bridgehead atoms. The quantitative estimate of drug-likeness (QED) is 0.323. The largest absolute Gasteiger partial charge is 0.507 e. The molecular formula is C22H21NO7. The lowest BCUT2D eigenvalue weighted by molar-refractivity contribution is -0.140. The van der Waals surface area contributed by atoms with Crippen LogP contribution in [0.5, 0.6) is 5.75 Å². The van der Waals surface area contributed by atoms with Gasteiger partial charge in [-0.1, -0.05) is 12.1 Å². The molecule has 0 saturated carbocycles. The SMILES string of the molecule is COC(=O)c1ccc(C2/C(=C(/O)c3ccc(OC)cc3)C(=O)C(=O)N2CCO)cc1. The van der Waals surface area contributed by atoms with Crippen molar-refractivity contribution in [3.63, 3.8) is 0 Å². The van der Waals surface area contributed by atoms with Crippen molar-refractivity contribution in [2.45, 2.75) is 6.04 Å². The maximum atomic E-state index is 12.7. The fraction of sp³-hybridized carbons (Fsp3) is 0.227. The number of aliphatic hydroxyl groups is 2. The highest BCUT2D eigenvalue weighted by molar-refractivity contribution is 6.46. The fourth-order valence-electron chi connectivity index (χ4n) is 3.39. The van der Waals surface area contributed by atoms with Gasteiger partial charge in [-0.2, -0.15) is 0 Å². The summed E-state index contributed by atoms with van der Waals surface area (Å²) >= 11 is 0. The molecule has 8 heteroatoms. The summed E-state index contributed by atoms with van der Waals surface area (Å²) in [6.45, 7) is -0.445. The monoisotopic (exact) mass is 411 g/mol. The molecule has 1 aliphatic rings. The number of methoxy groups -OCH3 is 2. The minimum Gasteiger partial charge on any atom is -0.507 e. The van der Waals surface area contributed by atoms with Gasteiger partial charge in [-0.15, -0.1) is 0 Å². The minimum atomic E-state index is -0.911. The topological polar surface area (TPSA) is 113 Å². The Hall–Kier alpha value is -3.65. The van der Waals surface area contributed by atoms with Crippen molar-refractivity contribution in [3.05, 3.63) is 70.8 Å². The minimum absolute atomic E-state index is 0.0899. The zero-order valence-electron chi connectivity index (χ0n) is 16.5. The lowest BCUT2D eigenvalue weighted by Gasteiger charge is -2.24. The van der Waals surface area contributed by atoms with E-state index in [-0.39, 0.29) is 24.5 Å². The number of β-amino-alcohol motifs (C(OH)–C–C–N with tert-alkyl or cyclic N) is 1. The van der Waals surface area contributed by atoms with Crippen LogP contribution in [0.4, 0.5) is 0 Å². The number of hydrogen-bond acceptors (Lipinski definition) is 7. The Morgan fingerprint density at radius 3 is 2.13 bits per heavy atom. The summed E-state index contributed by atoms with van der Waals surface area (Å²) < 4.78 is 9.78. The number of esters is 1. The highest BCUT2D eigenvalue weighted by atomic mass is 16.5. The first kappa shape index (κ1) is 21.1. The van der Waals surface area contributed by atoms with Crippen molar-refractivity contribution in [3.8, 4) is 5.75 Å². The number of ketones is 1. The fourth-order valence-corrected chi connectivity index (χ4v) is 3.39. The normalized spacial score (nSPS) is 17.8. The van der Waals surface area contributed by atoms with Crippen molar-refractivity contribution >= 4 is 23.4 Å². The van der Waals surface area contributed by atoms with Gasteiger partial charge >= 0.3 is 5.97 Å². The first-order chi connectivity index (χ1) is 14.4. The molecule has 8 nitrogen and oxygen atoms in total. The van der Waals surface area contributed by atoms with E-state index < -0.39 is 23.7 Å². The molecule has 1 heterocycles. The van der Waals surface area contributed by atoms with Crippen LogP contribution < -0.4 is 4.74 Å². The van der Waals surface area contributed by atoms with Crippen LogP contribution in [0.3, 0.4) is 0 Å². The van der Waals surface area contributed by atoms with Gasteiger partial charge in [0.25, 0.3) is 11.7 Å². The molecule has 1 saturated heterocycles. The number of nitrogens with zero attached hydrogens (tertiary/aromatic N) is 1. The highest BCUT2D eigenvalue weighted by Gasteiger charge is 2.45. The van der Waals surface area contributed by atoms with Gasteiger partial charge in [-0.3, -0.25) is 9.59 Å². The van der Waals surface area contributed by atoms with Crippen molar-refractivity contribution in [2.75, 3.05) is 27.4 Å². The molecule has 2 aromatic rings. The van der Waals surface area contributed by atoms with Crippen LogP contribution in [0.1, 0.15) is 27.5 Å². The van der Waals surface area contributed by atoms with Crippen LogP contribution in [0, 0.1) is 0 Å². The van der Waals surface area contributed by atoms with Gasteiger partial charge in [0, 0.05) is 12.1 Å². The summed E-state index contributed by atoms with van der Waals surface area (Å²) in [5.41, 5.74) is 1.05. The molecule has 3 rings (SSSR count). The van der Waals surface area contributed by atoms with Crippen LogP contribution in [-0.4, -0.2) is 60.1 Å². The highest BCUT2D eigenvalue weighted by Crippen LogP contribution is 2.39. The Morgan fingerprint density at radius 1 is 1.00 bits per heavy atom. The predicted octanol–water partition coefficient (Wildman–Crippen LogP) is 1.90. The molecule has 0 aliphatic carbocycles. The zero-order valence-corrected chi connectivity index (χ0v) is 16.5. The average molecular weight is 411 g/mol. The van der Waals surface area contributed by atoms with Gasteiger partial charge in [0.2, 0.25) is 0 Å². The number of likely N-dealkylation sites (tertiary alicyclic amines) is 1. The van der Waals surface area contributed by atoms with E-state index >= 15 is 0 Å². The Balaban J connectivity index is 2.11. The van der Waals surface area contributed by atoms with E-state index in [1.165, 1.54) is 31.3 Å². The number of benzene rings is 2. The number of amides is 1. The smallest absolute Gasteiger partial charge is 0.337 e. The molecule has 2 N–H and O–H groups in total. The number of ether oxygens (including phenoxy) is 2. The number of rotatable bonds is 6. The van der Waals surface area contributed by atoms with Crippen molar-refractivity contribution in [2.24, 2.45) is 0 Å². The summed E-state index contributed by atoms with van der Waals surface area (Å²) in [5.74, 6) is -1.95. The van der Waals surface area contributed by atoms with Crippen molar-refractivity contribution < 1.29 is 34.1 Å². The third-order valence-corrected chi connectivity index (χ3v) is 4.89. The molecule has 0 spiro atoms. The Bertz CT molecular complexity index is 993. The number of Topliss-reactive ketones (excluding diaryl/α,β-unsaturated/α-hetero) is 1. The van der Waals surface area contributed by atoms with Gasteiger partial charge in [-0.25, -0.2) is 4.79 Å². The Morgan fingerprint density at radius 2 is 1.60 bits per heavy atom. The summed E-state index contributed by atoms with van der Waals surface area (Å²) in [6, 6.07) is 11.7. The lowest BCUT2D eigenvalue weighted by Crippen LogP contribution is -2.32. The summed E-state index contributed by atoms with van der Waals surface area (Å²) in [4.78, 5) is 38.2. The molecule has 0 radical (unpaired) electrons. The molecule has 1 amide bonds. The number of aliphatic hydroxyl groups excluding tert-OH is 2. The van der Waals surface area contributed by atoms with Gasteiger partial charge < -0.3 is 24.6 Å². The molecule has 156 valence electrons. The zero-order chi connectivity index (χ0) is 21.8. The number of carbonyl (C=O) groups excluding carboxylic acids is 3. The van der Waals surface area contributed by atoms with Crippen LogP contribution in [0.25, 0.3) is 5.76 Å². The predicted molar refractivity (Wildman–Crippen MR) is 107 cm³/mol. The Labute approximate surface area is 173 Å². The average Bonchev–Trinajstić information content (AvgIpc) is 3.03. The molecule has 2 aromatic carbocycles. The second kappa shape index (κ2) is 8.79. The number of hydrogen-bond donors (Lipinski definition) is 2. The van der Waals surface area contributed by atoms with Gasteiger partial charge in [0.15, 0.2) is 0 Å². The molecular weight excluding hydrogens is 390 g/mol. The first-order valence-electron chi connectivity index (χ1n) is 9.15. The summed E-state index contributed by atoms with van der Waals surface area (Å²) in [6.07, 6.45) is 0. The van der Waals surface area contributed by atoms with Crippen LogP contribution in [0.15, 0.2) is 54.1 Å². The second-order valence-corrected chi connectivity index (χ2v) is 6.56. The standard InChI is InChI=1S/C22H21NO7/c1-29-16-9-7-14(8-10-16)19(25)17-18(23(11-12-24)21(27)20(17)26)13-3-5-15(6-4-13)22(28)30-2/h3-10,18,24-25H,11-12H2,1-2H3/b19-17-. The van der Waals surface area contributed by atoms with E-state index in [9.17, 15) is 24.6 Å². The van der Waals surface area contributed by atoms with Gasteiger partial charge in [0.05, 0.1) is 38.0 Å². The van der Waals surface area contributed by atoms with Crippen LogP contribution in [-0.2, 0) is 14.3 Å². The molecule has 1 unspecified atom stereocenters. The van der Waals surface area contributed by atoms with Gasteiger partial charge in [-0.05, 0) is 42.0 Å². The van der Waals surface area contributed by atoms with Crippen LogP contribution >= 0.6 is 0 Å². The van der Waals surface area contributed by atoms with E-state index in [2.05, 4.69) is 4.74 Å². The van der Waals surface area contributed by atoms with Crippen LogP contribution in [0.2, 0.25) is 0 Å². The lowest BCUT2D eigenvalue weighted by atomic mass is 9.94. The van der Waals surface area contributed by atoms with E-state index in [1.807, 2.05) is 0 Å². The Kier molecular flexibility index (Phi) is 6.17. The summed E-state index contributed by atoms with van der Waals surface area (Å²) in [5, 5.41) is 20.3. The first-order valence-corrected chi connectivity index (χ1v) is 9.15. The van der Waals surface area contributed by atoms with E-state index in [0.717, 1.165) is 0 Å². The van der Waals surface area contributed by atoms with E-state index in [4.69, 9.17) is 4.74 Å². The third-order valence-electron chi connectivity index (χ3n) is 4.89. The van der Waals surface area contributed by atoms with E-state index in [1.54, 1.807) is 36.4 Å². The maximum Gasteiger partial charge on any atom is 0.337 e. The maximum absolute atomic E-state index is 12.7. The second-order valence-electron chi connectivity index (χ2n) is 6.56. The number of carbonyl (C=O) groups is 3. The molecule has 1 aliphatic heterocycles. The van der Waals surface area contributed by atoms with Crippen molar-refractivity contribution in [1.82, 2.24) is 4.90 Å². The van der Waals surface area contributed by atoms with Gasteiger partial charge in [0.1, 0.15) is 11.5 Å². The molecule has 1 atom stereocenters. The van der Waals surface area contributed by atoms with E-state index in [0.29, 0.717) is 22.4 Å². The molecule has 30 heavy (non-hydrogen) atoms. The third kappa shape index (κ3) is 3.77. The molecule has 0 aromatic heterocycles. The summed E-state index contributed by atoms with van der Waals surface area (Å²) in [7, 11) is 2.77. The van der Waals surface area contributed by atoms with Crippen molar-refractivity contribution in [1.29, 1.82) is 0 Å².